The van der Waals surface area contributed by atoms with Crippen LogP contribution in [0.1, 0.15) is 5.56 Å². The van der Waals surface area contributed by atoms with E-state index in [1.165, 1.54) is 6.08 Å². The fraction of sp³-hybridized carbons (Fsp3) is 0.133. The number of hydrogen-bond donors (Lipinski definition) is 1. The van der Waals surface area contributed by atoms with E-state index in [-0.39, 0.29) is 4.91 Å². The average molecular weight is 319 g/mol. The molecule has 0 unspecified atom stereocenters. The van der Waals surface area contributed by atoms with Gasteiger partial charge in [-0.25, -0.2) is 0 Å². The molecule has 6 nitrogen and oxygen atoms in total. The molecule has 0 saturated carbocycles. The van der Waals surface area contributed by atoms with Crippen LogP contribution in [0.3, 0.4) is 0 Å². The molecule has 0 bridgehead atoms. The fourth-order valence-corrected chi connectivity index (χ4v) is 2.54. The van der Waals surface area contributed by atoms with Gasteiger partial charge < -0.3 is 9.84 Å². The number of ether oxygens (including phenoxy) is 1. The first kappa shape index (κ1) is 15.8. The van der Waals surface area contributed by atoms with Crippen molar-refractivity contribution in [2.45, 2.75) is 0 Å². The summed E-state index contributed by atoms with van der Waals surface area (Å²) in [5.74, 6) is -1.07. The van der Waals surface area contributed by atoms with Crippen molar-refractivity contribution in [2.75, 3.05) is 13.7 Å². The molecule has 1 aliphatic heterocycles. The van der Waals surface area contributed by atoms with Crippen molar-refractivity contribution in [1.29, 1.82) is 0 Å². The van der Waals surface area contributed by atoms with Crippen molar-refractivity contribution in [3.63, 3.8) is 0 Å². The largest absolute Gasteiger partial charge is 0.497 e. The molecule has 0 spiro atoms. The van der Waals surface area contributed by atoms with Gasteiger partial charge in [-0.3, -0.25) is 19.3 Å². The molecule has 1 fully saturated rings. The molecule has 0 radical (unpaired) electrons. The Labute approximate surface area is 131 Å². The van der Waals surface area contributed by atoms with Crippen LogP contribution >= 0.6 is 11.8 Å². The monoisotopic (exact) mass is 319 g/mol. The maximum absolute atomic E-state index is 11.9. The Hall–Kier alpha value is -2.54. The molecule has 1 aliphatic rings. The zero-order chi connectivity index (χ0) is 16.1. The summed E-state index contributed by atoms with van der Waals surface area (Å²) in [6.45, 7) is -0.621. The minimum atomic E-state index is -1.22. The summed E-state index contributed by atoms with van der Waals surface area (Å²) in [5, 5.41) is 8.09. The number of thioether (sulfide) groups is 1. The molecule has 2 rings (SSSR count). The van der Waals surface area contributed by atoms with Crippen LogP contribution in [0.2, 0.25) is 0 Å². The number of carboxylic acids is 1. The van der Waals surface area contributed by atoms with Crippen molar-refractivity contribution < 1.29 is 24.2 Å². The Balaban J connectivity index is 2.06. The average Bonchev–Trinajstić information content (AvgIpc) is 2.75. The highest BCUT2D eigenvalue weighted by Gasteiger charge is 2.35. The second-order valence-electron chi connectivity index (χ2n) is 4.32. The molecule has 1 N–H and O–H groups in total. The molecule has 1 aromatic carbocycles. The number of imide groups is 1. The van der Waals surface area contributed by atoms with Crippen molar-refractivity contribution in [3.8, 4) is 5.75 Å². The molecule has 1 heterocycles. The van der Waals surface area contributed by atoms with Crippen molar-refractivity contribution in [3.05, 3.63) is 46.9 Å². The zero-order valence-electron chi connectivity index (χ0n) is 11.7. The Morgan fingerprint density at radius 1 is 1.32 bits per heavy atom. The van der Waals surface area contributed by atoms with Gasteiger partial charge in [0, 0.05) is 0 Å². The van der Waals surface area contributed by atoms with Gasteiger partial charge in [-0.1, -0.05) is 24.3 Å². The number of rotatable bonds is 5. The number of benzene rings is 1. The topological polar surface area (TPSA) is 83.9 Å². The Kier molecular flexibility index (Phi) is 5.00. The van der Waals surface area contributed by atoms with Crippen LogP contribution in [-0.4, -0.2) is 40.8 Å². The quantitative estimate of drug-likeness (QED) is 0.839. The SMILES string of the molecule is COc1ccc(/C=C/C=C2/SC(=O)N(CC(=O)O)C2=O)cc1. The van der Waals surface area contributed by atoms with Crippen LogP contribution in [0.5, 0.6) is 5.75 Å². The van der Waals surface area contributed by atoms with Crippen molar-refractivity contribution >= 4 is 35.0 Å². The normalized spacial score (nSPS) is 16.8. The molecule has 1 saturated heterocycles. The third-order valence-corrected chi connectivity index (χ3v) is 3.74. The second kappa shape index (κ2) is 6.95. The maximum Gasteiger partial charge on any atom is 0.323 e. The van der Waals surface area contributed by atoms with E-state index in [9.17, 15) is 14.4 Å². The van der Waals surface area contributed by atoms with E-state index in [1.54, 1.807) is 31.4 Å². The van der Waals surface area contributed by atoms with Crippen LogP contribution in [0.4, 0.5) is 4.79 Å². The molecule has 0 atom stereocenters. The van der Waals surface area contributed by atoms with Gasteiger partial charge in [0.05, 0.1) is 12.0 Å². The minimum absolute atomic E-state index is 0.205. The number of carbonyl (C=O) groups excluding carboxylic acids is 2. The second-order valence-corrected chi connectivity index (χ2v) is 5.31. The summed E-state index contributed by atoms with van der Waals surface area (Å²) >= 11 is 0.729. The molecular formula is C15H13NO5S. The molecule has 1 aromatic rings. The van der Waals surface area contributed by atoms with Gasteiger partial charge in [0.1, 0.15) is 12.3 Å². The van der Waals surface area contributed by atoms with Gasteiger partial charge in [-0.05, 0) is 35.5 Å². The molecule has 0 aliphatic carbocycles. The van der Waals surface area contributed by atoms with Crippen LogP contribution in [0, 0.1) is 0 Å². The lowest BCUT2D eigenvalue weighted by atomic mass is 10.2. The minimum Gasteiger partial charge on any atom is -0.497 e. The summed E-state index contributed by atoms with van der Waals surface area (Å²) in [6.07, 6.45) is 4.90. The van der Waals surface area contributed by atoms with Crippen molar-refractivity contribution in [1.82, 2.24) is 4.90 Å². The van der Waals surface area contributed by atoms with E-state index in [0.29, 0.717) is 4.90 Å². The van der Waals surface area contributed by atoms with E-state index in [4.69, 9.17) is 9.84 Å². The number of nitrogens with zero attached hydrogens (tertiary/aromatic N) is 1. The lowest BCUT2D eigenvalue weighted by Crippen LogP contribution is -2.33. The van der Waals surface area contributed by atoms with Crippen LogP contribution in [0.15, 0.2) is 41.3 Å². The number of allylic oxidation sites excluding steroid dienone is 2. The third-order valence-electron chi connectivity index (χ3n) is 2.82. The summed E-state index contributed by atoms with van der Waals surface area (Å²) in [6, 6.07) is 7.31. The van der Waals surface area contributed by atoms with Gasteiger partial charge >= 0.3 is 5.97 Å². The Morgan fingerprint density at radius 3 is 2.59 bits per heavy atom. The molecule has 114 valence electrons. The molecule has 2 amide bonds. The van der Waals surface area contributed by atoms with Crippen LogP contribution in [0.25, 0.3) is 6.08 Å². The summed E-state index contributed by atoms with van der Waals surface area (Å²) in [4.78, 5) is 35.0. The smallest absolute Gasteiger partial charge is 0.323 e. The van der Waals surface area contributed by atoms with E-state index in [1.807, 2.05) is 12.1 Å². The van der Waals surface area contributed by atoms with Gasteiger partial charge in [0.2, 0.25) is 0 Å². The third kappa shape index (κ3) is 3.76. The standard InChI is InChI=1S/C15H13NO5S/c1-21-11-7-5-10(6-8-11)3-2-4-12-14(19)16(9-13(17)18)15(20)22-12/h2-8H,9H2,1H3,(H,17,18)/b3-2+,12-4+. The fourth-order valence-electron chi connectivity index (χ4n) is 1.75. The lowest BCUT2D eigenvalue weighted by Gasteiger charge is -2.07. The highest BCUT2D eigenvalue weighted by molar-refractivity contribution is 8.18. The van der Waals surface area contributed by atoms with Gasteiger partial charge in [0.15, 0.2) is 0 Å². The number of carbonyl (C=O) groups is 3. The van der Waals surface area contributed by atoms with Gasteiger partial charge in [-0.2, -0.15) is 0 Å². The first-order valence-corrected chi connectivity index (χ1v) is 7.11. The van der Waals surface area contributed by atoms with Crippen molar-refractivity contribution in [2.24, 2.45) is 0 Å². The van der Waals surface area contributed by atoms with E-state index in [2.05, 4.69) is 0 Å². The molecular weight excluding hydrogens is 306 g/mol. The Morgan fingerprint density at radius 2 is 2.00 bits per heavy atom. The number of methoxy groups -OCH3 is 1. The number of hydrogen-bond acceptors (Lipinski definition) is 5. The van der Waals surface area contributed by atoms with E-state index >= 15 is 0 Å². The van der Waals surface area contributed by atoms with E-state index in [0.717, 1.165) is 23.1 Å². The van der Waals surface area contributed by atoms with E-state index < -0.39 is 23.7 Å². The predicted molar refractivity (Wildman–Crippen MR) is 82.4 cm³/mol. The molecule has 22 heavy (non-hydrogen) atoms. The highest BCUT2D eigenvalue weighted by Crippen LogP contribution is 2.30. The van der Waals surface area contributed by atoms with Gasteiger partial charge in [0.25, 0.3) is 11.1 Å². The maximum atomic E-state index is 11.9. The van der Waals surface area contributed by atoms with Crippen LogP contribution in [-0.2, 0) is 9.59 Å². The number of amides is 2. The first-order chi connectivity index (χ1) is 10.5. The summed E-state index contributed by atoms with van der Waals surface area (Å²) in [7, 11) is 1.58. The highest BCUT2D eigenvalue weighted by atomic mass is 32.2. The zero-order valence-corrected chi connectivity index (χ0v) is 12.5. The summed E-state index contributed by atoms with van der Waals surface area (Å²) < 4.78 is 5.05. The van der Waals surface area contributed by atoms with Gasteiger partial charge in [-0.15, -0.1) is 0 Å². The lowest BCUT2D eigenvalue weighted by molar-refractivity contribution is -0.140. The summed E-state index contributed by atoms with van der Waals surface area (Å²) in [5.41, 5.74) is 0.904. The van der Waals surface area contributed by atoms with Crippen LogP contribution < -0.4 is 4.74 Å². The number of carboxylic acid groups (broad SMARTS) is 1. The number of aliphatic carboxylic acids is 1. The first-order valence-electron chi connectivity index (χ1n) is 6.29. The molecule has 0 aromatic heterocycles. The Bertz CT molecular complexity index is 663. The predicted octanol–water partition coefficient (Wildman–Crippen LogP) is 2.37. The molecule has 7 heteroatoms.